The molecule has 0 saturated carbocycles. The quantitative estimate of drug-likeness (QED) is 0.773. The molecule has 154 valence electrons. The Morgan fingerprint density at radius 1 is 1.07 bits per heavy atom. The highest BCUT2D eigenvalue weighted by Crippen LogP contribution is 2.24. The number of benzene rings is 1. The number of hydrogen-bond donors (Lipinski definition) is 0. The van der Waals surface area contributed by atoms with E-state index in [9.17, 15) is 14.0 Å². The minimum Gasteiger partial charge on any atom is -0.441 e. The molecule has 1 aromatic heterocycles. The maximum atomic E-state index is 13.1. The predicted molar refractivity (Wildman–Crippen MR) is 105 cm³/mol. The molecule has 1 unspecified atom stereocenters. The van der Waals surface area contributed by atoms with E-state index in [-0.39, 0.29) is 30.1 Å². The van der Waals surface area contributed by atoms with Crippen molar-refractivity contribution in [1.29, 1.82) is 0 Å². The first-order valence-electron chi connectivity index (χ1n) is 10.4. The summed E-state index contributed by atoms with van der Waals surface area (Å²) in [5.74, 6) is 0.789. The summed E-state index contributed by atoms with van der Waals surface area (Å²) < 4.78 is 18.8. The lowest BCUT2D eigenvalue weighted by atomic mass is 10.00. The van der Waals surface area contributed by atoms with Gasteiger partial charge in [-0.05, 0) is 56.4 Å². The van der Waals surface area contributed by atoms with Crippen molar-refractivity contribution in [3.63, 3.8) is 0 Å². The molecule has 4 rings (SSSR count). The van der Waals surface area contributed by atoms with Gasteiger partial charge >= 0.3 is 0 Å². The minimum absolute atomic E-state index is 0.0243. The van der Waals surface area contributed by atoms with E-state index in [0.717, 1.165) is 50.8 Å². The van der Waals surface area contributed by atoms with E-state index in [1.165, 1.54) is 12.1 Å². The fraction of sp³-hybridized carbons (Fsp3) is 0.500. The largest absolute Gasteiger partial charge is 0.441 e. The summed E-state index contributed by atoms with van der Waals surface area (Å²) in [7, 11) is 0. The summed E-state index contributed by atoms with van der Waals surface area (Å²) >= 11 is 0. The highest BCUT2D eigenvalue weighted by atomic mass is 19.1. The summed E-state index contributed by atoms with van der Waals surface area (Å²) in [6, 6.07) is 5.68. The van der Waals surface area contributed by atoms with E-state index in [1.54, 1.807) is 23.2 Å². The monoisotopic (exact) mass is 399 g/mol. The molecule has 3 heterocycles. The normalized spacial score (nSPS) is 19.6. The highest BCUT2D eigenvalue weighted by Gasteiger charge is 2.35. The first-order valence-corrected chi connectivity index (χ1v) is 10.4. The molecule has 1 aromatic carbocycles. The number of likely N-dealkylation sites (tertiary alicyclic amines) is 2. The van der Waals surface area contributed by atoms with Crippen LogP contribution in [0.4, 0.5) is 4.39 Å². The number of halogens is 1. The molecule has 29 heavy (non-hydrogen) atoms. The van der Waals surface area contributed by atoms with Crippen molar-refractivity contribution in [3.8, 4) is 11.3 Å². The lowest BCUT2D eigenvalue weighted by molar-refractivity contribution is -0.147. The zero-order valence-corrected chi connectivity index (χ0v) is 16.5. The van der Waals surface area contributed by atoms with Crippen molar-refractivity contribution in [2.45, 2.75) is 51.0 Å². The molecule has 6 nitrogen and oxygen atoms in total. The van der Waals surface area contributed by atoms with Crippen LogP contribution in [0.5, 0.6) is 0 Å². The summed E-state index contributed by atoms with van der Waals surface area (Å²) in [5.41, 5.74) is 0.740. The second-order valence-corrected chi connectivity index (χ2v) is 7.76. The van der Waals surface area contributed by atoms with E-state index < -0.39 is 0 Å². The molecule has 1 atom stereocenters. The Morgan fingerprint density at radius 2 is 1.79 bits per heavy atom. The number of aromatic nitrogens is 1. The van der Waals surface area contributed by atoms with Gasteiger partial charge in [0.25, 0.3) is 0 Å². The van der Waals surface area contributed by atoms with Crippen molar-refractivity contribution < 1.29 is 18.4 Å². The second-order valence-electron chi connectivity index (χ2n) is 7.76. The molecular weight excluding hydrogens is 373 g/mol. The molecule has 2 aliphatic heterocycles. The molecule has 2 amide bonds. The molecule has 0 bridgehead atoms. The van der Waals surface area contributed by atoms with Gasteiger partial charge in [0.1, 0.15) is 11.9 Å². The molecule has 0 radical (unpaired) electrons. The molecule has 0 spiro atoms. The summed E-state index contributed by atoms with van der Waals surface area (Å²) in [4.78, 5) is 33.6. The first-order chi connectivity index (χ1) is 14.1. The molecular formula is C22H26FN3O3. The number of nitrogens with zero attached hydrogens (tertiary/aromatic N) is 3. The number of carbonyl (C=O) groups is 2. The fourth-order valence-electron chi connectivity index (χ4n) is 4.17. The fourth-order valence-corrected chi connectivity index (χ4v) is 4.17. The van der Waals surface area contributed by atoms with E-state index in [2.05, 4.69) is 4.98 Å². The van der Waals surface area contributed by atoms with E-state index >= 15 is 0 Å². The standard InChI is InChI=1S/C22H26FN3O3/c23-17-8-6-16(7-9-17)19-15-24-20(29-19)10-11-21(27)26-14-2-1-5-18(26)22(28)25-12-3-4-13-25/h6-9,15,18H,1-5,10-14H2. The number of aryl methyl sites for hydroxylation is 1. The zero-order chi connectivity index (χ0) is 20.2. The summed E-state index contributed by atoms with van der Waals surface area (Å²) in [5, 5.41) is 0. The smallest absolute Gasteiger partial charge is 0.245 e. The van der Waals surface area contributed by atoms with Gasteiger partial charge in [0.2, 0.25) is 11.8 Å². The van der Waals surface area contributed by atoms with Crippen molar-refractivity contribution in [2.24, 2.45) is 0 Å². The lowest BCUT2D eigenvalue weighted by Crippen LogP contribution is -2.52. The predicted octanol–water partition coefficient (Wildman–Crippen LogP) is 3.42. The molecule has 2 saturated heterocycles. The van der Waals surface area contributed by atoms with E-state index in [4.69, 9.17) is 4.42 Å². The molecule has 2 aliphatic rings. The maximum Gasteiger partial charge on any atom is 0.245 e. The van der Waals surface area contributed by atoms with Crippen LogP contribution in [0.15, 0.2) is 34.9 Å². The molecule has 2 fully saturated rings. The Hall–Kier alpha value is -2.70. The third kappa shape index (κ3) is 4.49. The van der Waals surface area contributed by atoms with Crippen LogP contribution < -0.4 is 0 Å². The van der Waals surface area contributed by atoms with E-state index in [1.807, 2.05) is 4.90 Å². The number of rotatable bonds is 5. The first kappa shape index (κ1) is 19.6. The van der Waals surface area contributed by atoms with Crippen LogP contribution >= 0.6 is 0 Å². The van der Waals surface area contributed by atoms with Crippen LogP contribution in [0.2, 0.25) is 0 Å². The Labute approximate surface area is 169 Å². The van der Waals surface area contributed by atoms with Crippen molar-refractivity contribution in [2.75, 3.05) is 19.6 Å². The molecule has 0 N–H and O–H groups in total. The van der Waals surface area contributed by atoms with Gasteiger partial charge in [-0.2, -0.15) is 0 Å². The Bertz CT molecular complexity index is 858. The van der Waals surface area contributed by atoms with Crippen molar-refractivity contribution >= 4 is 11.8 Å². The highest BCUT2D eigenvalue weighted by molar-refractivity contribution is 5.88. The van der Waals surface area contributed by atoms with Gasteiger partial charge in [0, 0.05) is 38.0 Å². The van der Waals surface area contributed by atoms with Gasteiger partial charge < -0.3 is 14.2 Å². The average molecular weight is 399 g/mol. The lowest BCUT2D eigenvalue weighted by Gasteiger charge is -2.36. The summed E-state index contributed by atoms with van der Waals surface area (Å²) in [6.45, 7) is 2.25. The topological polar surface area (TPSA) is 66.7 Å². The van der Waals surface area contributed by atoms with Crippen LogP contribution in [0.1, 0.15) is 44.4 Å². The van der Waals surface area contributed by atoms with Crippen LogP contribution in [0.3, 0.4) is 0 Å². The minimum atomic E-state index is -0.325. The van der Waals surface area contributed by atoms with Gasteiger partial charge in [-0.1, -0.05) is 0 Å². The summed E-state index contributed by atoms with van der Waals surface area (Å²) in [6.07, 6.45) is 6.98. The van der Waals surface area contributed by atoms with Gasteiger partial charge in [-0.3, -0.25) is 9.59 Å². The van der Waals surface area contributed by atoms with Gasteiger partial charge in [-0.15, -0.1) is 0 Å². The van der Waals surface area contributed by atoms with Crippen LogP contribution in [-0.4, -0.2) is 52.3 Å². The van der Waals surface area contributed by atoms with Crippen molar-refractivity contribution in [1.82, 2.24) is 14.8 Å². The third-order valence-electron chi connectivity index (χ3n) is 5.76. The molecule has 7 heteroatoms. The van der Waals surface area contributed by atoms with E-state index in [0.29, 0.717) is 24.6 Å². The van der Waals surface area contributed by atoms with Crippen molar-refractivity contribution in [3.05, 3.63) is 42.2 Å². The molecule has 2 aromatic rings. The average Bonchev–Trinajstić information content (AvgIpc) is 3.44. The van der Waals surface area contributed by atoms with Gasteiger partial charge in [-0.25, -0.2) is 9.37 Å². The molecule has 0 aliphatic carbocycles. The second kappa shape index (κ2) is 8.76. The van der Waals surface area contributed by atoms with Crippen LogP contribution in [0.25, 0.3) is 11.3 Å². The zero-order valence-electron chi connectivity index (χ0n) is 16.5. The Balaban J connectivity index is 1.37. The SMILES string of the molecule is O=C(C1CCCCN1C(=O)CCc1ncc(-c2ccc(F)cc2)o1)N1CCCC1. The Kier molecular flexibility index (Phi) is 5.92. The number of carbonyl (C=O) groups excluding carboxylic acids is 2. The van der Waals surface area contributed by atoms with Crippen LogP contribution in [0, 0.1) is 5.82 Å². The number of piperidine rings is 1. The number of hydrogen-bond acceptors (Lipinski definition) is 4. The number of amides is 2. The van der Waals surface area contributed by atoms with Gasteiger partial charge in [0.15, 0.2) is 11.7 Å². The number of oxazole rings is 1. The third-order valence-corrected chi connectivity index (χ3v) is 5.76. The van der Waals surface area contributed by atoms with Gasteiger partial charge in [0.05, 0.1) is 6.20 Å². The van der Waals surface area contributed by atoms with Crippen LogP contribution in [-0.2, 0) is 16.0 Å². The maximum absolute atomic E-state index is 13.1. The Morgan fingerprint density at radius 3 is 2.55 bits per heavy atom.